The first-order valence-corrected chi connectivity index (χ1v) is 11.4. The van der Waals surface area contributed by atoms with E-state index < -0.39 is 23.8 Å². The molecule has 4 rings (SSSR count). The van der Waals surface area contributed by atoms with Gasteiger partial charge >= 0.3 is 0 Å². The summed E-state index contributed by atoms with van der Waals surface area (Å²) in [4.78, 5) is 0. The van der Waals surface area contributed by atoms with Gasteiger partial charge in [-0.2, -0.15) is 0 Å². The number of rotatable bonds is 6. The highest BCUT2D eigenvalue weighted by atomic mass is 16.8. The van der Waals surface area contributed by atoms with Gasteiger partial charge in [-0.1, -0.05) is 17.7 Å². The molecule has 0 aromatic heterocycles. The fourth-order valence-electron chi connectivity index (χ4n) is 4.56. The van der Waals surface area contributed by atoms with Crippen LogP contribution in [0, 0.1) is 6.92 Å². The number of benzene rings is 2. The van der Waals surface area contributed by atoms with Crippen molar-refractivity contribution in [3.63, 3.8) is 0 Å². The Morgan fingerprint density at radius 3 is 2.59 bits per heavy atom. The molecule has 0 amide bonds. The van der Waals surface area contributed by atoms with E-state index in [0.29, 0.717) is 34.6 Å². The lowest BCUT2D eigenvalue weighted by Crippen LogP contribution is -2.47. The van der Waals surface area contributed by atoms with Gasteiger partial charge in [-0.15, -0.1) is 0 Å². The van der Waals surface area contributed by atoms with Crippen LogP contribution in [0.4, 0.5) is 0 Å². The molecule has 2 aliphatic rings. The normalized spacial score (nSPS) is 23.5. The third kappa shape index (κ3) is 4.07. The zero-order valence-corrected chi connectivity index (χ0v) is 20.9. The number of aryl methyl sites for hydroxylation is 1. The molecule has 34 heavy (non-hydrogen) atoms. The Labute approximate surface area is 200 Å². The van der Waals surface area contributed by atoms with Gasteiger partial charge in [-0.3, -0.25) is 0 Å². The number of fused-ring (bicyclic) bond motifs is 2. The SMILES string of the molecule is CO[C@H]1O[C@](OC)(c2cc(C)cc3c2O[C@H](C(C)(C)O)CO3)c2c(CC=C(C)C)ccc(O)c21. The van der Waals surface area contributed by atoms with E-state index in [2.05, 4.69) is 6.08 Å². The van der Waals surface area contributed by atoms with Gasteiger partial charge < -0.3 is 33.9 Å². The van der Waals surface area contributed by atoms with Crippen LogP contribution in [0.2, 0.25) is 0 Å². The van der Waals surface area contributed by atoms with Gasteiger partial charge in [0, 0.05) is 19.8 Å². The monoisotopic (exact) mass is 470 g/mol. The summed E-state index contributed by atoms with van der Waals surface area (Å²) >= 11 is 0. The Kier molecular flexibility index (Phi) is 6.42. The Balaban J connectivity index is 1.99. The maximum atomic E-state index is 10.8. The first-order chi connectivity index (χ1) is 16.0. The van der Waals surface area contributed by atoms with Crippen molar-refractivity contribution in [3.05, 3.63) is 63.7 Å². The Hall–Kier alpha value is -2.58. The van der Waals surface area contributed by atoms with Gasteiger partial charge in [-0.05, 0) is 70.4 Å². The van der Waals surface area contributed by atoms with Gasteiger partial charge in [0.1, 0.15) is 12.4 Å². The minimum absolute atomic E-state index is 0.0646. The summed E-state index contributed by atoms with van der Waals surface area (Å²) in [7, 11) is 3.08. The van der Waals surface area contributed by atoms with Crippen LogP contribution in [0.5, 0.6) is 17.2 Å². The van der Waals surface area contributed by atoms with Crippen LogP contribution in [0.25, 0.3) is 0 Å². The zero-order valence-electron chi connectivity index (χ0n) is 20.9. The predicted molar refractivity (Wildman–Crippen MR) is 127 cm³/mol. The lowest BCUT2D eigenvalue weighted by Gasteiger charge is -2.38. The van der Waals surface area contributed by atoms with Crippen molar-refractivity contribution in [2.45, 2.75) is 64.8 Å². The van der Waals surface area contributed by atoms with Gasteiger partial charge in [-0.25, -0.2) is 0 Å². The van der Waals surface area contributed by atoms with Gasteiger partial charge in [0.05, 0.1) is 16.7 Å². The lowest BCUT2D eigenvalue weighted by molar-refractivity contribution is -0.268. The van der Waals surface area contributed by atoms with E-state index in [4.69, 9.17) is 23.7 Å². The van der Waals surface area contributed by atoms with E-state index in [1.165, 1.54) is 12.7 Å². The third-order valence-corrected chi connectivity index (χ3v) is 6.37. The van der Waals surface area contributed by atoms with Crippen LogP contribution in [0.3, 0.4) is 0 Å². The first kappa shape index (κ1) is 24.5. The number of allylic oxidation sites excluding steroid dienone is 2. The quantitative estimate of drug-likeness (QED) is 0.595. The van der Waals surface area contributed by atoms with Gasteiger partial charge in [0.2, 0.25) is 5.79 Å². The van der Waals surface area contributed by atoms with E-state index in [9.17, 15) is 10.2 Å². The predicted octanol–water partition coefficient (Wildman–Crippen LogP) is 4.64. The Bertz CT molecular complexity index is 1110. The lowest BCUT2D eigenvalue weighted by atomic mass is 9.87. The van der Waals surface area contributed by atoms with Crippen molar-refractivity contribution in [2.24, 2.45) is 0 Å². The topological polar surface area (TPSA) is 86.6 Å². The standard InChI is InChI=1S/C27H34O7/c1-15(2)8-9-17-10-11-19(28)22-23(17)27(31-7,34-25(22)30-6)18-12-16(3)13-20-24(18)33-21(14-32-20)26(4,5)29/h8,10-13,21,25,28-29H,9,14H2,1-7H3/t21-,25-,27+/m0/s1. The van der Waals surface area contributed by atoms with Crippen LogP contribution < -0.4 is 9.47 Å². The van der Waals surface area contributed by atoms with E-state index in [-0.39, 0.29) is 12.4 Å². The molecule has 0 saturated carbocycles. The van der Waals surface area contributed by atoms with E-state index in [1.807, 2.05) is 39.0 Å². The fraction of sp³-hybridized carbons (Fsp3) is 0.481. The fourth-order valence-corrected chi connectivity index (χ4v) is 4.56. The van der Waals surface area contributed by atoms with Crippen molar-refractivity contribution in [2.75, 3.05) is 20.8 Å². The molecule has 7 heteroatoms. The van der Waals surface area contributed by atoms with Crippen molar-refractivity contribution < 1.29 is 33.9 Å². The molecule has 2 aliphatic heterocycles. The Morgan fingerprint density at radius 2 is 1.97 bits per heavy atom. The summed E-state index contributed by atoms with van der Waals surface area (Å²) in [6, 6.07) is 7.35. The van der Waals surface area contributed by atoms with Crippen LogP contribution in [0.15, 0.2) is 35.9 Å². The number of aromatic hydroxyl groups is 1. The van der Waals surface area contributed by atoms with Crippen molar-refractivity contribution in [3.8, 4) is 17.2 Å². The molecule has 0 radical (unpaired) electrons. The maximum Gasteiger partial charge on any atom is 0.229 e. The molecule has 2 N–H and O–H groups in total. The summed E-state index contributed by atoms with van der Waals surface area (Å²) in [6.45, 7) is 9.61. The molecule has 3 atom stereocenters. The Morgan fingerprint density at radius 1 is 1.24 bits per heavy atom. The molecule has 0 spiro atoms. The molecule has 184 valence electrons. The highest BCUT2D eigenvalue weighted by molar-refractivity contribution is 5.60. The van der Waals surface area contributed by atoms with E-state index in [1.54, 1.807) is 27.0 Å². The van der Waals surface area contributed by atoms with Gasteiger partial charge in [0.25, 0.3) is 0 Å². The summed E-state index contributed by atoms with van der Waals surface area (Å²) < 4.78 is 30.6. The molecule has 0 saturated heterocycles. The molecule has 0 bridgehead atoms. The van der Waals surface area contributed by atoms with Crippen LogP contribution in [-0.4, -0.2) is 42.7 Å². The van der Waals surface area contributed by atoms with Crippen molar-refractivity contribution in [1.29, 1.82) is 0 Å². The number of ether oxygens (including phenoxy) is 5. The molecule has 2 aromatic rings. The van der Waals surface area contributed by atoms with E-state index >= 15 is 0 Å². The number of phenolic OH excluding ortho intramolecular Hbond substituents is 1. The second-order valence-corrected chi connectivity index (χ2v) is 9.74. The highest BCUT2D eigenvalue weighted by Crippen LogP contribution is 2.56. The summed E-state index contributed by atoms with van der Waals surface area (Å²) in [5.74, 6) is -0.385. The molecular formula is C27H34O7. The second kappa shape index (κ2) is 8.89. The summed E-state index contributed by atoms with van der Waals surface area (Å²) in [6.07, 6.45) is 1.28. The highest BCUT2D eigenvalue weighted by Gasteiger charge is 2.53. The van der Waals surface area contributed by atoms with Crippen molar-refractivity contribution in [1.82, 2.24) is 0 Å². The summed E-state index contributed by atoms with van der Waals surface area (Å²) in [5.41, 5.74) is 3.69. The molecule has 0 fully saturated rings. The van der Waals surface area contributed by atoms with Crippen LogP contribution >= 0.6 is 0 Å². The number of methoxy groups -OCH3 is 2. The van der Waals surface area contributed by atoms with E-state index in [0.717, 1.165) is 11.1 Å². The minimum Gasteiger partial charge on any atom is -0.507 e. The maximum absolute atomic E-state index is 10.8. The number of aliphatic hydroxyl groups is 1. The number of hydrogen-bond acceptors (Lipinski definition) is 7. The largest absolute Gasteiger partial charge is 0.507 e. The summed E-state index contributed by atoms with van der Waals surface area (Å²) in [5, 5.41) is 21.4. The van der Waals surface area contributed by atoms with Crippen molar-refractivity contribution >= 4 is 0 Å². The average molecular weight is 471 g/mol. The smallest absolute Gasteiger partial charge is 0.229 e. The first-order valence-electron chi connectivity index (χ1n) is 11.4. The average Bonchev–Trinajstić information content (AvgIpc) is 3.13. The van der Waals surface area contributed by atoms with Crippen LogP contribution in [-0.2, 0) is 26.4 Å². The number of hydrogen-bond donors (Lipinski definition) is 2. The molecule has 2 aromatic carbocycles. The second-order valence-electron chi connectivity index (χ2n) is 9.74. The number of phenols is 1. The molecule has 7 nitrogen and oxygen atoms in total. The third-order valence-electron chi connectivity index (χ3n) is 6.37. The molecule has 2 heterocycles. The van der Waals surface area contributed by atoms with Crippen LogP contribution in [0.1, 0.15) is 61.8 Å². The minimum atomic E-state index is -1.43. The molecule has 0 unspecified atom stereocenters. The van der Waals surface area contributed by atoms with Gasteiger partial charge in [0.15, 0.2) is 23.9 Å². The molecular weight excluding hydrogens is 436 g/mol. The zero-order chi connectivity index (χ0) is 24.8. The molecule has 0 aliphatic carbocycles.